The van der Waals surface area contributed by atoms with Crippen LogP contribution in [0, 0.1) is 20.2 Å². The number of aromatic amines is 1. The third-order valence-electron chi connectivity index (χ3n) is 3.63. The van der Waals surface area contributed by atoms with E-state index in [1.54, 1.807) is 0 Å². The first kappa shape index (κ1) is 11.7. The second kappa shape index (κ2) is 4.39. The summed E-state index contributed by atoms with van der Waals surface area (Å²) >= 11 is 7.76. The second-order valence-electron chi connectivity index (χ2n) is 5.02. The lowest BCUT2D eigenvalue weighted by atomic mass is 10.1. The fourth-order valence-electron chi connectivity index (χ4n) is 2.42. The van der Waals surface area contributed by atoms with Gasteiger partial charge in [-0.3, -0.25) is 0 Å². The molecule has 1 atom stereocenters. The van der Waals surface area contributed by atoms with Crippen LogP contribution >= 0.6 is 34.8 Å². The van der Waals surface area contributed by atoms with E-state index in [0.717, 1.165) is 28.7 Å². The molecule has 1 heterocycles. The Labute approximate surface area is 120 Å². The van der Waals surface area contributed by atoms with Gasteiger partial charge in [-0.15, -0.1) is 0 Å². The third kappa shape index (κ3) is 2.29. The number of aromatic nitrogens is 2. The molecule has 1 aliphatic rings. The van der Waals surface area contributed by atoms with Crippen molar-refractivity contribution in [3.8, 4) is 0 Å². The average molecular weight is 358 g/mol. The molecule has 1 aliphatic carbocycles. The van der Waals surface area contributed by atoms with Crippen LogP contribution in [0.1, 0.15) is 19.8 Å². The number of fused-ring (bicyclic) bond motifs is 1. The Hall–Kier alpha value is -0.360. The van der Waals surface area contributed by atoms with Crippen LogP contribution in [0.15, 0.2) is 18.2 Å². The van der Waals surface area contributed by atoms with Crippen molar-refractivity contribution in [2.75, 3.05) is 0 Å². The smallest absolute Gasteiger partial charge is 0.178 e. The molecule has 2 aromatic rings. The van der Waals surface area contributed by atoms with Crippen LogP contribution < -0.4 is 0 Å². The molecule has 0 radical (unpaired) electrons. The molecule has 0 saturated heterocycles. The average Bonchev–Trinajstić information content (AvgIpc) is 3.06. The van der Waals surface area contributed by atoms with E-state index >= 15 is 0 Å². The van der Waals surface area contributed by atoms with Gasteiger partial charge in [0.25, 0.3) is 0 Å². The highest BCUT2D eigenvalue weighted by molar-refractivity contribution is 14.1. The lowest BCUT2D eigenvalue weighted by molar-refractivity contribution is 0.434. The Bertz CT molecular complexity index is 609. The molecular formula is C13H15IN2S. The summed E-state index contributed by atoms with van der Waals surface area (Å²) in [6.45, 7) is 3.38. The van der Waals surface area contributed by atoms with Gasteiger partial charge in [-0.2, -0.15) is 0 Å². The third-order valence-corrected chi connectivity index (χ3v) is 4.63. The highest BCUT2D eigenvalue weighted by Crippen LogP contribution is 2.37. The number of hydrogen-bond acceptors (Lipinski definition) is 1. The first-order valence-electron chi connectivity index (χ1n) is 6.03. The summed E-state index contributed by atoms with van der Waals surface area (Å²) in [5.41, 5.74) is 2.40. The van der Waals surface area contributed by atoms with E-state index in [1.807, 2.05) is 0 Å². The van der Waals surface area contributed by atoms with Crippen molar-refractivity contribution in [3.63, 3.8) is 0 Å². The molecule has 17 heavy (non-hydrogen) atoms. The Morgan fingerprint density at radius 2 is 2.29 bits per heavy atom. The van der Waals surface area contributed by atoms with Crippen LogP contribution in [0.4, 0.5) is 0 Å². The van der Waals surface area contributed by atoms with Gasteiger partial charge in [0, 0.05) is 10.1 Å². The molecule has 2 nitrogen and oxygen atoms in total. The first-order chi connectivity index (χ1) is 8.15. The number of nitrogens with zero attached hydrogens (tertiary/aromatic N) is 1. The summed E-state index contributed by atoms with van der Waals surface area (Å²) in [7, 11) is 0. The summed E-state index contributed by atoms with van der Waals surface area (Å²) in [6, 6.07) is 6.47. The van der Waals surface area contributed by atoms with Gasteiger partial charge in [0.05, 0.1) is 11.0 Å². The Morgan fingerprint density at radius 1 is 1.53 bits per heavy atom. The molecule has 0 bridgehead atoms. The van der Waals surface area contributed by atoms with Gasteiger partial charge in [-0.1, -0.05) is 6.92 Å². The zero-order valence-corrected chi connectivity index (χ0v) is 12.7. The maximum atomic E-state index is 5.43. The summed E-state index contributed by atoms with van der Waals surface area (Å²) < 4.78 is 4.35. The van der Waals surface area contributed by atoms with Crippen LogP contribution in [-0.4, -0.2) is 9.55 Å². The van der Waals surface area contributed by atoms with Crippen LogP contribution in [-0.2, 0) is 6.54 Å². The fraction of sp³-hybridized carbons (Fsp3) is 0.462. The second-order valence-corrected chi connectivity index (χ2v) is 6.65. The molecule has 1 unspecified atom stereocenters. The van der Waals surface area contributed by atoms with Gasteiger partial charge in [-0.25, -0.2) is 0 Å². The number of hydrogen-bond donors (Lipinski definition) is 1. The Balaban J connectivity index is 2.02. The number of H-pyrrole nitrogens is 1. The zero-order valence-electron chi connectivity index (χ0n) is 9.74. The van der Waals surface area contributed by atoms with Crippen molar-refractivity contribution >= 4 is 45.8 Å². The van der Waals surface area contributed by atoms with Crippen molar-refractivity contribution in [1.29, 1.82) is 0 Å². The van der Waals surface area contributed by atoms with E-state index in [4.69, 9.17) is 12.2 Å². The highest BCUT2D eigenvalue weighted by atomic mass is 127. The number of imidazole rings is 1. The van der Waals surface area contributed by atoms with Crippen molar-refractivity contribution in [1.82, 2.24) is 9.55 Å². The number of rotatable bonds is 3. The van der Waals surface area contributed by atoms with E-state index in [-0.39, 0.29) is 0 Å². The maximum Gasteiger partial charge on any atom is 0.178 e. The van der Waals surface area contributed by atoms with E-state index in [9.17, 15) is 0 Å². The summed E-state index contributed by atoms with van der Waals surface area (Å²) in [5, 5.41) is 0. The normalized spacial score (nSPS) is 17.5. The van der Waals surface area contributed by atoms with Crippen LogP contribution in [0.3, 0.4) is 0 Å². The topological polar surface area (TPSA) is 20.7 Å². The van der Waals surface area contributed by atoms with Gasteiger partial charge >= 0.3 is 0 Å². The summed E-state index contributed by atoms with van der Waals surface area (Å²) in [4.78, 5) is 3.31. The molecule has 0 aliphatic heterocycles. The molecule has 4 heteroatoms. The molecule has 90 valence electrons. The lowest BCUT2D eigenvalue weighted by Gasteiger charge is -2.11. The van der Waals surface area contributed by atoms with Gasteiger partial charge < -0.3 is 9.55 Å². The predicted molar refractivity (Wildman–Crippen MR) is 81.7 cm³/mol. The van der Waals surface area contributed by atoms with Crippen LogP contribution in [0.25, 0.3) is 11.0 Å². The standard InChI is InChI=1S/C13H15IN2S/c1-8(9-2-3-9)7-16-12-5-4-10(14)6-11(12)15-13(16)17/h4-6,8-9H,2-3,7H2,1H3,(H,15,17). The molecule has 0 amide bonds. The summed E-state index contributed by atoms with van der Waals surface area (Å²) in [5.74, 6) is 1.66. The predicted octanol–water partition coefficient (Wildman–Crippen LogP) is 4.35. The van der Waals surface area contributed by atoms with Crippen LogP contribution in [0.2, 0.25) is 0 Å². The van der Waals surface area contributed by atoms with Gasteiger partial charge in [0.1, 0.15) is 0 Å². The molecular weight excluding hydrogens is 343 g/mol. The molecule has 1 saturated carbocycles. The van der Waals surface area contributed by atoms with Crippen molar-refractivity contribution in [2.45, 2.75) is 26.3 Å². The molecule has 1 fully saturated rings. The minimum Gasteiger partial charge on any atom is -0.331 e. The minimum absolute atomic E-state index is 0.736. The van der Waals surface area contributed by atoms with E-state index in [0.29, 0.717) is 0 Å². The Kier molecular flexibility index (Phi) is 3.02. The SMILES string of the molecule is CC(Cn1c(=S)[nH]c2cc(I)ccc21)C1CC1. The minimum atomic E-state index is 0.736. The van der Waals surface area contributed by atoms with Gasteiger partial charge in [0.2, 0.25) is 0 Å². The van der Waals surface area contributed by atoms with E-state index in [1.165, 1.54) is 21.9 Å². The largest absolute Gasteiger partial charge is 0.331 e. The van der Waals surface area contributed by atoms with E-state index < -0.39 is 0 Å². The number of nitrogens with one attached hydrogen (secondary N) is 1. The van der Waals surface area contributed by atoms with Gasteiger partial charge in [0.15, 0.2) is 4.77 Å². The fourth-order valence-corrected chi connectivity index (χ4v) is 3.19. The first-order valence-corrected chi connectivity index (χ1v) is 7.52. The van der Waals surface area contributed by atoms with Crippen LogP contribution in [0.5, 0.6) is 0 Å². The molecule has 1 aromatic heterocycles. The molecule has 1 N–H and O–H groups in total. The zero-order chi connectivity index (χ0) is 12.0. The highest BCUT2D eigenvalue weighted by Gasteiger charge is 2.28. The van der Waals surface area contributed by atoms with Crippen molar-refractivity contribution < 1.29 is 0 Å². The molecule has 1 aromatic carbocycles. The quantitative estimate of drug-likeness (QED) is 0.639. The number of benzene rings is 1. The summed E-state index contributed by atoms with van der Waals surface area (Å²) in [6.07, 6.45) is 2.80. The Morgan fingerprint density at radius 3 is 3.00 bits per heavy atom. The molecule has 3 rings (SSSR count). The monoisotopic (exact) mass is 358 g/mol. The van der Waals surface area contributed by atoms with Crippen molar-refractivity contribution in [3.05, 3.63) is 26.5 Å². The maximum absolute atomic E-state index is 5.43. The lowest BCUT2D eigenvalue weighted by Crippen LogP contribution is -2.09. The van der Waals surface area contributed by atoms with Crippen molar-refractivity contribution in [2.24, 2.45) is 11.8 Å². The molecule has 0 spiro atoms. The van der Waals surface area contributed by atoms with Gasteiger partial charge in [-0.05, 0) is 77.7 Å². The van der Waals surface area contributed by atoms with E-state index in [2.05, 4.69) is 57.3 Å². The number of halogens is 1.